The van der Waals surface area contributed by atoms with Gasteiger partial charge in [0.2, 0.25) is 15.9 Å². The lowest BCUT2D eigenvalue weighted by Crippen LogP contribution is -2.30. The number of nitriles is 1. The minimum absolute atomic E-state index is 0.176. The second kappa shape index (κ2) is 9.89. The van der Waals surface area contributed by atoms with E-state index in [4.69, 9.17) is 4.42 Å². The Morgan fingerprint density at radius 1 is 1.10 bits per heavy atom. The van der Waals surface area contributed by atoms with Crippen LogP contribution in [0.5, 0.6) is 0 Å². The summed E-state index contributed by atoms with van der Waals surface area (Å²) in [5, 5.41) is 17.4. The van der Waals surface area contributed by atoms with Crippen molar-refractivity contribution in [3.05, 3.63) is 60.2 Å². The SMILES string of the molecule is CCN(CC)S(=O)(=O)c1cccc(-c2nnc(S[C@H](C#N)Cc3ccccc3)o2)c1. The molecule has 3 aromatic rings. The van der Waals surface area contributed by atoms with Gasteiger partial charge in [0.1, 0.15) is 5.25 Å². The highest BCUT2D eigenvalue weighted by Crippen LogP contribution is 2.29. The molecule has 0 N–H and O–H groups in total. The van der Waals surface area contributed by atoms with Crippen LogP contribution in [0.4, 0.5) is 0 Å². The van der Waals surface area contributed by atoms with Crippen molar-refractivity contribution in [1.29, 1.82) is 5.26 Å². The third-order valence-corrected chi connectivity index (χ3v) is 7.45. The van der Waals surface area contributed by atoms with Gasteiger partial charge < -0.3 is 4.42 Å². The standard InChI is InChI=1S/C21H22N4O3S2/c1-3-25(4-2)30(26,27)19-12-8-11-17(14-19)20-23-24-21(28-20)29-18(15-22)13-16-9-6-5-7-10-16/h5-12,14,18H,3-4,13H2,1-2H3/t18-/m0/s1. The molecule has 1 heterocycles. The summed E-state index contributed by atoms with van der Waals surface area (Å²) >= 11 is 1.19. The van der Waals surface area contributed by atoms with E-state index in [1.54, 1.807) is 32.0 Å². The van der Waals surface area contributed by atoms with Crippen molar-refractivity contribution < 1.29 is 12.8 Å². The third kappa shape index (κ3) is 5.08. The number of sulfonamides is 1. The molecule has 0 saturated heterocycles. The van der Waals surface area contributed by atoms with Gasteiger partial charge >= 0.3 is 0 Å². The molecule has 0 saturated carbocycles. The molecular weight excluding hydrogens is 420 g/mol. The number of thioether (sulfide) groups is 1. The average molecular weight is 443 g/mol. The van der Waals surface area contributed by atoms with Gasteiger partial charge in [-0.3, -0.25) is 0 Å². The van der Waals surface area contributed by atoms with E-state index < -0.39 is 10.0 Å². The second-order valence-corrected chi connectivity index (χ2v) is 9.51. The summed E-state index contributed by atoms with van der Waals surface area (Å²) in [5.41, 5.74) is 1.56. The normalized spacial score (nSPS) is 12.6. The quantitative estimate of drug-likeness (QED) is 0.462. The van der Waals surface area contributed by atoms with Gasteiger partial charge in [-0.15, -0.1) is 10.2 Å². The summed E-state index contributed by atoms with van der Waals surface area (Å²) in [6, 6.07) is 18.4. The first kappa shape index (κ1) is 22.0. The van der Waals surface area contributed by atoms with E-state index >= 15 is 0 Å². The maximum Gasteiger partial charge on any atom is 0.278 e. The van der Waals surface area contributed by atoms with E-state index in [0.29, 0.717) is 25.1 Å². The molecule has 0 aliphatic carbocycles. The van der Waals surface area contributed by atoms with Gasteiger partial charge in [0.15, 0.2) is 0 Å². The first-order valence-electron chi connectivity index (χ1n) is 9.52. The molecule has 1 aromatic heterocycles. The van der Waals surface area contributed by atoms with Crippen molar-refractivity contribution in [2.45, 2.75) is 35.6 Å². The summed E-state index contributed by atoms with van der Waals surface area (Å²) in [6.07, 6.45) is 0.553. The van der Waals surface area contributed by atoms with Gasteiger partial charge in [-0.1, -0.05) is 50.2 Å². The molecule has 0 radical (unpaired) electrons. The molecule has 0 bridgehead atoms. The fraction of sp³-hybridized carbons (Fsp3) is 0.286. The maximum atomic E-state index is 12.8. The van der Waals surface area contributed by atoms with Gasteiger partial charge in [0.05, 0.1) is 11.0 Å². The molecule has 156 valence electrons. The highest BCUT2D eigenvalue weighted by molar-refractivity contribution is 7.99. The van der Waals surface area contributed by atoms with Gasteiger partial charge in [0, 0.05) is 18.7 Å². The summed E-state index contributed by atoms with van der Waals surface area (Å²) in [4.78, 5) is 0.176. The van der Waals surface area contributed by atoms with Crippen molar-refractivity contribution in [3.63, 3.8) is 0 Å². The minimum atomic E-state index is -3.59. The Bertz CT molecular complexity index is 1120. The predicted octanol–water partition coefficient (Wildman–Crippen LogP) is 3.99. The Labute approximate surface area is 180 Å². The van der Waals surface area contributed by atoms with Crippen LogP contribution in [0, 0.1) is 11.3 Å². The van der Waals surface area contributed by atoms with Crippen LogP contribution in [0.2, 0.25) is 0 Å². The van der Waals surface area contributed by atoms with E-state index in [-0.39, 0.29) is 21.3 Å². The second-order valence-electron chi connectivity index (χ2n) is 6.42. The van der Waals surface area contributed by atoms with Crippen molar-refractivity contribution in [3.8, 4) is 17.5 Å². The summed E-state index contributed by atoms with van der Waals surface area (Å²) in [7, 11) is -3.59. The lowest BCUT2D eigenvalue weighted by atomic mass is 10.1. The number of hydrogen-bond donors (Lipinski definition) is 0. The lowest BCUT2D eigenvalue weighted by Gasteiger charge is -2.18. The molecule has 2 aromatic carbocycles. The van der Waals surface area contributed by atoms with Gasteiger partial charge in [-0.2, -0.15) is 9.57 Å². The van der Waals surface area contributed by atoms with Gasteiger partial charge in [0.25, 0.3) is 5.22 Å². The number of hydrogen-bond acceptors (Lipinski definition) is 7. The van der Waals surface area contributed by atoms with E-state index in [1.807, 2.05) is 30.3 Å². The van der Waals surface area contributed by atoms with Crippen LogP contribution in [0.15, 0.2) is 69.1 Å². The van der Waals surface area contributed by atoms with Crippen LogP contribution >= 0.6 is 11.8 Å². The Balaban J connectivity index is 1.78. The van der Waals surface area contributed by atoms with Crippen molar-refractivity contribution in [2.24, 2.45) is 0 Å². The smallest absolute Gasteiger partial charge is 0.278 e. The molecule has 0 amide bonds. The maximum absolute atomic E-state index is 12.8. The predicted molar refractivity (Wildman–Crippen MR) is 115 cm³/mol. The lowest BCUT2D eigenvalue weighted by molar-refractivity contribution is 0.445. The first-order valence-corrected chi connectivity index (χ1v) is 11.8. The highest BCUT2D eigenvalue weighted by atomic mass is 32.2. The number of aromatic nitrogens is 2. The number of benzene rings is 2. The fourth-order valence-corrected chi connectivity index (χ4v) is 5.23. The van der Waals surface area contributed by atoms with Crippen LogP contribution in [-0.2, 0) is 16.4 Å². The highest BCUT2D eigenvalue weighted by Gasteiger charge is 2.23. The summed E-state index contributed by atoms with van der Waals surface area (Å²) in [5.74, 6) is 0.213. The van der Waals surface area contributed by atoms with Crippen LogP contribution in [0.1, 0.15) is 19.4 Å². The van der Waals surface area contributed by atoms with E-state index in [2.05, 4.69) is 16.3 Å². The van der Waals surface area contributed by atoms with Crippen LogP contribution in [0.3, 0.4) is 0 Å². The Hall–Kier alpha value is -2.67. The Kier molecular flexibility index (Phi) is 7.26. The number of nitrogens with zero attached hydrogens (tertiary/aromatic N) is 4. The van der Waals surface area contributed by atoms with Crippen LogP contribution < -0.4 is 0 Å². The molecule has 0 unspecified atom stereocenters. The first-order chi connectivity index (χ1) is 14.5. The molecule has 9 heteroatoms. The zero-order chi connectivity index (χ0) is 21.6. The minimum Gasteiger partial charge on any atom is -0.411 e. The van der Waals surface area contributed by atoms with E-state index in [1.165, 1.54) is 22.1 Å². The molecule has 0 spiro atoms. The largest absolute Gasteiger partial charge is 0.411 e. The van der Waals surface area contributed by atoms with Crippen LogP contribution in [0.25, 0.3) is 11.5 Å². The average Bonchev–Trinajstić information content (AvgIpc) is 3.23. The molecule has 1 atom stereocenters. The van der Waals surface area contributed by atoms with E-state index in [0.717, 1.165) is 5.56 Å². The zero-order valence-corrected chi connectivity index (χ0v) is 18.4. The molecule has 7 nitrogen and oxygen atoms in total. The summed E-state index contributed by atoms with van der Waals surface area (Å²) in [6.45, 7) is 4.38. The Morgan fingerprint density at radius 3 is 2.50 bits per heavy atom. The molecule has 0 aliphatic heterocycles. The van der Waals surface area contributed by atoms with Crippen molar-refractivity contribution in [2.75, 3.05) is 13.1 Å². The fourth-order valence-electron chi connectivity index (χ4n) is 2.94. The van der Waals surface area contributed by atoms with Crippen molar-refractivity contribution >= 4 is 21.8 Å². The van der Waals surface area contributed by atoms with Gasteiger partial charge in [-0.05, 0) is 41.9 Å². The molecule has 3 rings (SSSR count). The van der Waals surface area contributed by atoms with E-state index in [9.17, 15) is 13.7 Å². The van der Waals surface area contributed by atoms with Crippen LogP contribution in [-0.4, -0.2) is 41.3 Å². The third-order valence-electron chi connectivity index (χ3n) is 4.48. The molecule has 30 heavy (non-hydrogen) atoms. The monoisotopic (exact) mass is 442 g/mol. The topological polar surface area (TPSA) is 100 Å². The van der Waals surface area contributed by atoms with Gasteiger partial charge in [-0.25, -0.2) is 8.42 Å². The summed E-state index contributed by atoms with van der Waals surface area (Å²) < 4.78 is 32.6. The molecule has 0 aliphatic rings. The molecular formula is C21H22N4O3S2. The Morgan fingerprint density at radius 2 is 1.83 bits per heavy atom. The van der Waals surface area contributed by atoms with Crippen molar-refractivity contribution in [1.82, 2.24) is 14.5 Å². The zero-order valence-electron chi connectivity index (χ0n) is 16.7. The number of rotatable bonds is 9. The molecule has 0 fully saturated rings.